The Kier molecular flexibility index (Phi) is 9.11. The molecule has 1 heterocycles. The number of nitrogens with zero attached hydrogens (tertiary/aromatic N) is 2. The maximum absolute atomic E-state index is 13.1. The second kappa shape index (κ2) is 11.5. The highest BCUT2D eigenvalue weighted by atomic mass is 16.6. The van der Waals surface area contributed by atoms with Crippen LogP contribution in [0.1, 0.15) is 33.3 Å². The van der Waals surface area contributed by atoms with Crippen LogP contribution >= 0.6 is 0 Å². The molecule has 1 N–H and O–H groups in total. The lowest BCUT2D eigenvalue weighted by Crippen LogP contribution is -2.57. The number of piperazine rings is 1. The van der Waals surface area contributed by atoms with E-state index in [4.69, 9.17) is 14.2 Å². The van der Waals surface area contributed by atoms with Gasteiger partial charge >= 0.3 is 12.2 Å². The molecule has 3 amide bonds. The minimum Gasteiger partial charge on any atom is -0.450 e. The van der Waals surface area contributed by atoms with Gasteiger partial charge in [0.25, 0.3) is 0 Å². The summed E-state index contributed by atoms with van der Waals surface area (Å²) in [6.45, 7) is 9.08. The molecule has 1 aliphatic heterocycles. The monoisotopic (exact) mass is 435 g/mol. The lowest BCUT2D eigenvalue weighted by molar-refractivity contribution is -0.136. The van der Waals surface area contributed by atoms with E-state index in [1.165, 1.54) is 0 Å². The molecule has 0 spiro atoms. The zero-order chi connectivity index (χ0) is 22.9. The van der Waals surface area contributed by atoms with Gasteiger partial charge in [-0.25, -0.2) is 9.59 Å². The second-order valence-electron chi connectivity index (χ2n) is 8.21. The lowest BCUT2D eigenvalue weighted by Gasteiger charge is -2.36. The van der Waals surface area contributed by atoms with Crippen molar-refractivity contribution in [3.8, 4) is 0 Å². The highest BCUT2D eigenvalue weighted by Gasteiger charge is 2.31. The Morgan fingerprint density at radius 1 is 1.03 bits per heavy atom. The van der Waals surface area contributed by atoms with E-state index >= 15 is 0 Å². The van der Waals surface area contributed by atoms with Gasteiger partial charge < -0.3 is 29.3 Å². The average Bonchev–Trinajstić information content (AvgIpc) is 2.72. The first-order chi connectivity index (χ1) is 14.7. The van der Waals surface area contributed by atoms with Crippen molar-refractivity contribution < 1.29 is 28.6 Å². The molecule has 0 saturated carbocycles. The summed E-state index contributed by atoms with van der Waals surface area (Å²) in [4.78, 5) is 40.4. The number of ether oxygens (including phenoxy) is 3. The number of amides is 3. The van der Waals surface area contributed by atoms with Crippen LogP contribution in [0.2, 0.25) is 0 Å². The van der Waals surface area contributed by atoms with Gasteiger partial charge in [0.1, 0.15) is 11.6 Å². The Bertz CT molecular complexity index is 727. The van der Waals surface area contributed by atoms with Crippen LogP contribution in [-0.2, 0) is 25.6 Å². The first kappa shape index (κ1) is 24.5. The normalized spacial score (nSPS) is 15.2. The van der Waals surface area contributed by atoms with Crippen LogP contribution in [0.5, 0.6) is 0 Å². The van der Waals surface area contributed by atoms with Crippen molar-refractivity contribution >= 4 is 18.1 Å². The minimum atomic E-state index is -0.896. The molecule has 1 unspecified atom stereocenters. The van der Waals surface area contributed by atoms with E-state index in [9.17, 15) is 14.4 Å². The molecule has 172 valence electrons. The van der Waals surface area contributed by atoms with E-state index in [2.05, 4.69) is 5.32 Å². The zero-order valence-corrected chi connectivity index (χ0v) is 18.8. The summed E-state index contributed by atoms with van der Waals surface area (Å²) in [5.41, 5.74) is 0.280. The number of hydrogen-bond acceptors (Lipinski definition) is 6. The van der Waals surface area contributed by atoms with E-state index in [1.807, 2.05) is 30.3 Å². The van der Waals surface area contributed by atoms with E-state index < -0.39 is 17.7 Å². The molecular formula is C22H33N3O6. The van der Waals surface area contributed by atoms with Gasteiger partial charge in [-0.2, -0.15) is 0 Å². The molecule has 1 aromatic rings. The number of benzene rings is 1. The van der Waals surface area contributed by atoms with Crippen LogP contribution in [0, 0.1) is 0 Å². The Balaban J connectivity index is 1.96. The van der Waals surface area contributed by atoms with Gasteiger partial charge in [0.15, 0.2) is 0 Å². The van der Waals surface area contributed by atoms with Gasteiger partial charge in [-0.15, -0.1) is 0 Å². The third kappa shape index (κ3) is 8.45. The van der Waals surface area contributed by atoms with Crippen LogP contribution in [0.15, 0.2) is 30.3 Å². The fourth-order valence-electron chi connectivity index (χ4n) is 3.04. The topological polar surface area (TPSA) is 97.4 Å². The second-order valence-corrected chi connectivity index (χ2v) is 8.21. The van der Waals surface area contributed by atoms with E-state index in [0.717, 1.165) is 5.56 Å². The third-order valence-electron chi connectivity index (χ3n) is 4.50. The van der Waals surface area contributed by atoms with Crippen LogP contribution in [0.25, 0.3) is 0 Å². The van der Waals surface area contributed by atoms with Gasteiger partial charge in [0, 0.05) is 26.2 Å². The van der Waals surface area contributed by atoms with Crippen molar-refractivity contribution in [2.45, 2.75) is 45.9 Å². The molecule has 9 heteroatoms. The zero-order valence-electron chi connectivity index (χ0n) is 18.8. The van der Waals surface area contributed by atoms with Crippen LogP contribution in [0.3, 0.4) is 0 Å². The summed E-state index contributed by atoms with van der Waals surface area (Å²) in [5, 5.41) is 2.63. The highest BCUT2D eigenvalue weighted by Crippen LogP contribution is 2.10. The summed E-state index contributed by atoms with van der Waals surface area (Å²) in [7, 11) is 0. The van der Waals surface area contributed by atoms with Crippen LogP contribution in [-0.4, -0.2) is 78.9 Å². The van der Waals surface area contributed by atoms with Crippen molar-refractivity contribution in [1.29, 1.82) is 0 Å². The summed E-state index contributed by atoms with van der Waals surface area (Å²) in [6, 6.07) is 8.68. The molecule has 1 saturated heterocycles. The Labute approximate surface area is 183 Å². The quantitative estimate of drug-likeness (QED) is 0.706. The molecule has 9 nitrogen and oxygen atoms in total. The molecule has 1 aromatic carbocycles. The fourth-order valence-corrected chi connectivity index (χ4v) is 3.04. The number of carbonyl (C=O) groups is 3. The Morgan fingerprint density at radius 2 is 1.65 bits per heavy atom. The predicted molar refractivity (Wildman–Crippen MR) is 114 cm³/mol. The van der Waals surface area contributed by atoms with Crippen LogP contribution in [0.4, 0.5) is 9.59 Å². The first-order valence-electron chi connectivity index (χ1n) is 10.5. The maximum Gasteiger partial charge on any atom is 0.409 e. The molecular weight excluding hydrogens is 402 g/mol. The molecule has 1 fully saturated rings. The SMILES string of the molecule is CCOC(=O)N1CCN(C(=O)C(COCc2ccccc2)NC(=O)OC(C)(C)C)CC1. The summed E-state index contributed by atoms with van der Waals surface area (Å²) in [5.74, 6) is -0.276. The Hall–Kier alpha value is -2.81. The molecule has 0 aromatic heterocycles. The molecule has 1 aliphatic rings. The Morgan fingerprint density at radius 3 is 2.23 bits per heavy atom. The summed E-state index contributed by atoms with van der Waals surface area (Å²) < 4.78 is 16.0. The predicted octanol–water partition coefficient (Wildman–Crippen LogP) is 2.40. The number of carbonyl (C=O) groups excluding carboxylic acids is 3. The minimum absolute atomic E-state index is 0.00502. The number of nitrogens with one attached hydrogen (secondary N) is 1. The molecule has 1 atom stereocenters. The van der Waals surface area contributed by atoms with Gasteiger partial charge in [-0.1, -0.05) is 30.3 Å². The highest BCUT2D eigenvalue weighted by molar-refractivity contribution is 5.86. The molecule has 0 bridgehead atoms. The number of alkyl carbamates (subject to hydrolysis) is 1. The van der Waals surface area contributed by atoms with E-state index in [-0.39, 0.29) is 18.6 Å². The van der Waals surface area contributed by atoms with Crippen molar-refractivity contribution in [2.24, 2.45) is 0 Å². The first-order valence-corrected chi connectivity index (χ1v) is 10.5. The van der Waals surface area contributed by atoms with Crippen molar-refractivity contribution in [1.82, 2.24) is 15.1 Å². The van der Waals surface area contributed by atoms with Gasteiger partial charge in [-0.05, 0) is 33.3 Å². The summed E-state index contributed by atoms with van der Waals surface area (Å²) >= 11 is 0. The van der Waals surface area contributed by atoms with Crippen molar-refractivity contribution in [2.75, 3.05) is 39.4 Å². The molecule has 0 aliphatic carbocycles. The van der Waals surface area contributed by atoms with Gasteiger partial charge in [-0.3, -0.25) is 4.79 Å². The number of rotatable bonds is 7. The van der Waals surface area contributed by atoms with E-state index in [1.54, 1.807) is 37.5 Å². The maximum atomic E-state index is 13.1. The van der Waals surface area contributed by atoms with Crippen molar-refractivity contribution in [3.05, 3.63) is 35.9 Å². The molecule has 0 radical (unpaired) electrons. The molecule has 31 heavy (non-hydrogen) atoms. The summed E-state index contributed by atoms with van der Waals surface area (Å²) in [6.07, 6.45) is -1.07. The lowest BCUT2D eigenvalue weighted by atomic mass is 10.2. The smallest absolute Gasteiger partial charge is 0.409 e. The average molecular weight is 436 g/mol. The standard InChI is InChI=1S/C22H33N3O6/c1-5-30-21(28)25-13-11-24(12-14-25)19(26)18(23-20(27)31-22(2,3)4)16-29-15-17-9-7-6-8-10-17/h6-10,18H,5,11-16H2,1-4H3,(H,23,27). The third-order valence-corrected chi connectivity index (χ3v) is 4.50. The largest absolute Gasteiger partial charge is 0.450 e. The van der Waals surface area contributed by atoms with Crippen LogP contribution < -0.4 is 5.32 Å². The van der Waals surface area contributed by atoms with Crippen molar-refractivity contribution in [3.63, 3.8) is 0 Å². The van der Waals surface area contributed by atoms with E-state index in [0.29, 0.717) is 39.4 Å². The van der Waals surface area contributed by atoms with Gasteiger partial charge in [0.2, 0.25) is 5.91 Å². The fraction of sp³-hybridized carbons (Fsp3) is 0.591. The molecule has 2 rings (SSSR count). The van der Waals surface area contributed by atoms with Gasteiger partial charge in [0.05, 0.1) is 19.8 Å². The number of hydrogen-bond donors (Lipinski definition) is 1.